The van der Waals surface area contributed by atoms with E-state index in [0.29, 0.717) is 16.9 Å². The van der Waals surface area contributed by atoms with E-state index < -0.39 is 23.3 Å². The second-order valence-corrected chi connectivity index (χ2v) is 8.78. The van der Waals surface area contributed by atoms with Gasteiger partial charge < -0.3 is 14.8 Å². The highest BCUT2D eigenvalue weighted by Crippen LogP contribution is 2.29. The summed E-state index contributed by atoms with van der Waals surface area (Å²) in [5.41, 5.74) is 3.34. The van der Waals surface area contributed by atoms with E-state index in [1.807, 2.05) is 6.07 Å². The molecule has 0 atom stereocenters. The molecule has 2 N–H and O–H groups in total. The van der Waals surface area contributed by atoms with Gasteiger partial charge in [-0.1, -0.05) is 41.9 Å². The molecule has 0 aliphatic heterocycles. The lowest BCUT2D eigenvalue weighted by Gasteiger charge is -2.10. The number of rotatable bonds is 7. The van der Waals surface area contributed by atoms with Crippen molar-refractivity contribution in [2.24, 2.45) is 12.1 Å². The lowest BCUT2D eigenvalue weighted by atomic mass is 10.2. The van der Waals surface area contributed by atoms with E-state index in [1.54, 1.807) is 67.2 Å². The van der Waals surface area contributed by atoms with Crippen molar-refractivity contribution in [2.75, 3.05) is 12.4 Å². The van der Waals surface area contributed by atoms with E-state index in [0.717, 1.165) is 0 Å². The number of amides is 2. The maximum absolute atomic E-state index is 12.9. The Bertz CT molecular complexity index is 1680. The molecule has 4 rings (SSSR count). The number of halogens is 1. The minimum Gasteiger partial charge on any atom is -0.493 e. The van der Waals surface area contributed by atoms with Gasteiger partial charge in [0.25, 0.3) is 5.56 Å². The molecule has 0 saturated carbocycles. The van der Waals surface area contributed by atoms with E-state index in [4.69, 9.17) is 21.1 Å². The van der Waals surface area contributed by atoms with Crippen LogP contribution in [0.1, 0.15) is 21.6 Å². The van der Waals surface area contributed by atoms with Gasteiger partial charge in [-0.25, -0.2) is 14.9 Å². The predicted octanol–water partition coefficient (Wildman–Crippen LogP) is 3.45. The van der Waals surface area contributed by atoms with Crippen LogP contribution >= 0.6 is 11.6 Å². The van der Waals surface area contributed by atoms with Crippen LogP contribution in [0.15, 0.2) is 82.7 Å². The molecule has 2 amide bonds. The smallest absolute Gasteiger partial charge is 0.345 e. The number of anilines is 1. The highest BCUT2D eigenvalue weighted by atomic mass is 35.5. The third kappa shape index (κ3) is 5.94. The molecule has 1 heterocycles. The van der Waals surface area contributed by atoms with Crippen LogP contribution in [-0.4, -0.2) is 40.5 Å². The summed E-state index contributed by atoms with van der Waals surface area (Å²) in [7, 11) is 3.06. The Kier molecular flexibility index (Phi) is 8.45. The Labute approximate surface area is 233 Å². The first kappa shape index (κ1) is 27.9. The topological polar surface area (TPSA) is 133 Å². The summed E-state index contributed by atoms with van der Waals surface area (Å²) in [5, 5.41) is 6.40. The molecule has 3 aromatic carbocycles. The molecule has 0 bridgehead atoms. The van der Waals surface area contributed by atoms with Crippen molar-refractivity contribution < 1.29 is 23.9 Å². The number of nitrogens with zero attached hydrogens (tertiary/aromatic N) is 3. The monoisotopic (exact) mass is 561 g/mol. The van der Waals surface area contributed by atoms with Crippen molar-refractivity contribution in [3.05, 3.63) is 105 Å². The average molecular weight is 562 g/mol. The van der Waals surface area contributed by atoms with Gasteiger partial charge in [-0.05, 0) is 55.0 Å². The summed E-state index contributed by atoms with van der Waals surface area (Å²) in [4.78, 5) is 50.2. The summed E-state index contributed by atoms with van der Waals surface area (Å²) in [5.74, 6) is -2.44. The van der Waals surface area contributed by atoms with Crippen molar-refractivity contribution in [2.45, 2.75) is 6.92 Å². The zero-order chi connectivity index (χ0) is 28.8. The number of ether oxygens (including phenoxy) is 2. The fraction of sp³-hybridized carbons (Fsp3) is 0.107. The largest absolute Gasteiger partial charge is 0.493 e. The molecule has 0 spiro atoms. The van der Waals surface area contributed by atoms with E-state index >= 15 is 0 Å². The molecule has 0 unspecified atom stereocenters. The van der Waals surface area contributed by atoms with Crippen LogP contribution in [0.5, 0.6) is 11.5 Å². The number of hydrogen-bond donors (Lipinski definition) is 2. The number of hydrogen-bond acceptors (Lipinski definition) is 7. The molecule has 4 aromatic rings. The first-order chi connectivity index (χ1) is 19.2. The third-order valence-electron chi connectivity index (χ3n) is 5.86. The van der Waals surface area contributed by atoms with Gasteiger partial charge >= 0.3 is 17.8 Å². The molecule has 40 heavy (non-hydrogen) atoms. The number of carbonyl (C=O) groups excluding carboxylic acids is 3. The summed E-state index contributed by atoms with van der Waals surface area (Å²) in [6.07, 6.45) is 1.27. The number of nitrogens with one attached hydrogen (secondary N) is 2. The van der Waals surface area contributed by atoms with Gasteiger partial charge in [-0.2, -0.15) is 5.10 Å². The van der Waals surface area contributed by atoms with Crippen LogP contribution in [0.25, 0.3) is 5.69 Å². The fourth-order valence-electron chi connectivity index (χ4n) is 3.73. The lowest BCUT2D eigenvalue weighted by Crippen LogP contribution is -2.34. The fourth-order valence-corrected chi connectivity index (χ4v) is 3.94. The first-order valence-corrected chi connectivity index (χ1v) is 12.2. The number of benzene rings is 3. The molecule has 0 aliphatic rings. The molecule has 0 fully saturated rings. The van der Waals surface area contributed by atoms with Gasteiger partial charge in [0.05, 0.1) is 35.3 Å². The van der Waals surface area contributed by atoms with Crippen LogP contribution in [-0.2, 0) is 16.6 Å². The second kappa shape index (κ2) is 12.1. The Balaban J connectivity index is 1.41. The summed E-state index contributed by atoms with van der Waals surface area (Å²) >= 11 is 6.05. The predicted molar refractivity (Wildman–Crippen MR) is 150 cm³/mol. The van der Waals surface area contributed by atoms with Crippen LogP contribution < -0.4 is 25.8 Å². The van der Waals surface area contributed by atoms with Crippen molar-refractivity contribution >= 4 is 41.3 Å². The van der Waals surface area contributed by atoms with Crippen molar-refractivity contribution in [1.29, 1.82) is 0 Å². The Morgan fingerprint density at radius 3 is 2.35 bits per heavy atom. The maximum Gasteiger partial charge on any atom is 0.345 e. The molecule has 0 aliphatic carbocycles. The zero-order valence-electron chi connectivity index (χ0n) is 21.7. The molecule has 11 nitrogen and oxygen atoms in total. The van der Waals surface area contributed by atoms with E-state index in [1.165, 1.54) is 36.2 Å². The molecular weight excluding hydrogens is 538 g/mol. The van der Waals surface area contributed by atoms with E-state index in [2.05, 4.69) is 15.8 Å². The number of esters is 1. The third-order valence-corrected chi connectivity index (χ3v) is 6.19. The quantitative estimate of drug-likeness (QED) is 0.117. The lowest BCUT2D eigenvalue weighted by molar-refractivity contribution is -0.136. The Morgan fingerprint density at radius 1 is 0.950 bits per heavy atom. The first-order valence-electron chi connectivity index (χ1n) is 11.8. The van der Waals surface area contributed by atoms with Crippen molar-refractivity contribution in [3.8, 4) is 17.2 Å². The van der Waals surface area contributed by atoms with E-state index in [-0.39, 0.29) is 27.8 Å². The normalized spacial score (nSPS) is 10.8. The van der Waals surface area contributed by atoms with Gasteiger partial charge in [0.15, 0.2) is 11.5 Å². The highest BCUT2D eigenvalue weighted by Gasteiger charge is 2.21. The van der Waals surface area contributed by atoms with E-state index in [9.17, 15) is 19.2 Å². The minimum atomic E-state index is -1.08. The molecule has 1 aromatic heterocycles. The summed E-state index contributed by atoms with van der Waals surface area (Å²) < 4.78 is 13.7. The molecule has 0 radical (unpaired) electrons. The molecule has 204 valence electrons. The minimum absolute atomic E-state index is 0.0258. The van der Waals surface area contributed by atoms with Crippen molar-refractivity contribution in [3.63, 3.8) is 0 Å². The number of methoxy groups -OCH3 is 1. The van der Waals surface area contributed by atoms with Gasteiger partial charge in [-0.15, -0.1) is 0 Å². The van der Waals surface area contributed by atoms with Gasteiger partial charge in [0, 0.05) is 7.05 Å². The number of carbonyl (C=O) groups is 3. The van der Waals surface area contributed by atoms with Gasteiger partial charge in [0.2, 0.25) is 0 Å². The maximum atomic E-state index is 12.9. The Morgan fingerprint density at radius 2 is 1.65 bits per heavy atom. The van der Waals surface area contributed by atoms with Gasteiger partial charge in [-0.3, -0.25) is 19.1 Å². The van der Waals surface area contributed by atoms with Crippen LogP contribution in [0, 0.1) is 6.92 Å². The Hall–Kier alpha value is -5.16. The highest BCUT2D eigenvalue weighted by molar-refractivity contribution is 6.39. The summed E-state index contributed by atoms with van der Waals surface area (Å²) in [6, 6.07) is 19.9. The second-order valence-electron chi connectivity index (χ2n) is 8.37. The number of para-hydroxylation sites is 1. The number of hydrazone groups is 1. The number of aromatic nitrogens is 2. The van der Waals surface area contributed by atoms with Crippen LogP contribution in [0.3, 0.4) is 0 Å². The van der Waals surface area contributed by atoms with Crippen LogP contribution in [0.2, 0.25) is 5.02 Å². The van der Waals surface area contributed by atoms with Crippen molar-refractivity contribution in [1.82, 2.24) is 14.8 Å². The molecular formula is C28H24ClN5O6. The SMILES string of the molecule is COc1cc(/C=N/NC(=O)C(=O)Nc2c(C)n(C)n(-c3ccccc3)c2=O)ccc1OC(=O)c1ccccc1Cl. The zero-order valence-corrected chi connectivity index (χ0v) is 22.4. The molecule has 12 heteroatoms. The standard InChI is InChI=1S/C28H24ClN5O6/c1-17-24(27(37)34(33(17)2)19-9-5-4-6-10-19)31-25(35)26(36)32-30-16-18-13-14-22(23(15-18)39-3)40-28(38)20-11-7-8-12-21(20)29/h4-16H,1-3H3,(H,31,35)(H,32,36)/b30-16+. The average Bonchev–Trinajstić information content (AvgIpc) is 3.16. The van der Waals surface area contributed by atoms with Crippen LogP contribution in [0.4, 0.5) is 5.69 Å². The molecule has 0 saturated heterocycles. The summed E-state index contributed by atoms with van der Waals surface area (Å²) in [6.45, 7) is 1.65. The van der Waals surface area contributed by atoms with Gasteiger partial charge in [0.1, 0.15) is 5.69 Å².